The minimum atomic E-state index is -0.319. The van der Waals surface area contributed by atoms with Crippen molar-refractivity contribution in [2.75, 3.05) is 49.1 Å². The maximum absolute atomic E-state index is 13.5. The molecule has 1 aromatic carbocycles. The van der Waals surface area contributed by atoms with E-state index < -0.39 is 0 Å². The molecule has 0 radical (unpaired) electrons. The molecule has 1 aromatic heterocycles. The quantitative estimate of drug-likeness (QED) is 0.354. The molecule has 210 valence electrons. The van der Waals surface area contributed by atoms with Crippen molar-refractivity contribution in [2.24, 2.45) is 0 Å². The van der Waals surface area contributed by atoms with E-state index in [9.17, 15) is 19.2 Å². The molecule has 3 fully saturated rings. The summed E-state index contributed by atoms with van der Waals surface area (Å²) in [5, 5.41) is 9.91. The molecule has 0 bridgehead atoms. The maximum Gasteiger partial charge on any atom is 0.270 e. The monoisotopic (exact) mass is 581 g/mol. The van der Waals surface area contributed by atoms with Crippen molar-refractivity contribution in [2.45, 2.75) is 45.8 Å². The van der Waals surface area contributed by atoms with Crippen molar-refractivity contribution in [3.63, 3.8) is 0 Å². The number of thioether (sulfide) groups is 1. The highest BCUT2D eigenvalue weighted by Gasteiger charge is 2.35. The normalized spacial score (nSPS) is 20.6. The summed E-state index contributed by atoms with van der Waals surface area (Å²) in [5.74, 6) is 0.264. The van der Waals surface area contributed by atoms with Gasteiger partial charge in [0.2, 0.25) is 0 Å². The zero-order valence-electron chi connectivity index (χ0n) is 22.7. The van der Waals surface area contributed by atoms with Crippen LogP contribution in [0.25, 0.3) is 6.08 Å². The zero-order valence-corrected chi connectivity index (χ0v) is 24.3. The van der Waals surface area contributed by atoms with E-state index in [1.807, 2.05) is 6.92 Å². The van der Waals surface area contributed by atoms with E-state index in [-0.39, 0.29) is 29.0 Å². The number of carbonyl (C=O) groups is 1. The van der Waals surface area contributed by atoms with E-state index in [1.54, 1.807) is 34.6 Å². The molecule has 0 N–H and O–H groups in total. The second kappa shape index (κ2) is 12.1. The van der Waals surface area contributed by atoms with Crippen molar-refractivity contribution in [1.29, 1.82) is 5.26 Å². The summed E-state index contributed by atoms with van der Waals surface area (Å²) in [6.07, 6.45) is 4.37. The number of nitriles is 1. The van der Waals surface area contributed by atoms with Gasteiger partial charge in [0, 0.05) is 50.6 Å². The fourth-order valence-electron chi connectivity index (χ4n) is 5.52. The van der Waals surface area contributed by atoms with Crippen LogP contribution in [0, 0.1) is 24.1 Å². The second-order valence-electron chi connectivity index (χ2n) is 10.2. The standard InChI is InChI=1S/C29H32FN5O3S2/c1-3-10-34-26(33-13-11-32(12-14-33)21-8-6-20(30)7-9-21)23(19(2)24(17-31)27(34)36)16-25-28(37)35(29(39)40-25)18-22-5-4-15-38-22/h6-9,16,22H,3-5,10-15,18H2,1-2H3/b25-16+. The third-order valence-electron chi connectivity index (χ3n) is 7.62. The Morgan fingerprint density at radius 2 is 1.88 bits per heavy atom. The van der Waals surface area contributed by atoms with Gasteiger partial charge < -0.3 is 14.5 Å². The van der Waals surface area contributed by atoms with Crippen molar-refractivity contribution < 1.29 is 13.9 Å². The molecular formula is C29H32FN5O3S2. The van der Waals surface area contributed by atoms with Gasteiger partial charge in [-0.25, -0.2) is 4.39 Å². The number of thiocarbonyl (C=S) groups is 1. The number of halogens is 1. The Bertz CT molecular complexity index is 1440. The number of piperazine rings is 1. The predicted octanol–water partition coefficient (Wildman–Crippen LogP) is 4.28. The molecule has 1 amide bonds. The molecule has 40 heavy (non-hydrogen) atoms. The number of hydrogen-bond donors (Lipinski definition) is 0. The van der Waals surface area contributed by atoms with Crippen LogP contribution in [0.1, 0.15) is 42.9 Å². The van der Waals surface area contributed by atoms with Crippen LogP contribution in [-0.2, 0) is 16.1 Å². The lowest BCUT2D eigenvalue weighted by molar-refractivity contribution is -0.123. The van der Waals surface area contributed by atoms with Crippen LogP contribution in [0.2, 0.25) is 0 Å². The topological polar surface area (TPSA) is 81.8 Å². The Hall–Kier alpha value is -3.20. The number of anilines is 2. The number of carbonyl (C=O) groups excluding carboxylic acids is 1. The molecule has 11 heteroatoms. The lowest BCUT2D eigenvalue weighted by Crippen LogP contribution is -2.48. The number of amides is 1. The highest BCUT2D eigenvalue weighted by molar-refractivity contribution is 8.26. The summed E-state index contributed by atoms with van der Waals surface area (Å²) in [5.41, 5.74) is 1.96. The van der Waals surface area contributed by atoms with Gasteiger partial charge >= 0.3 is 0 Å². The number of nitrogens with zero attached hydrogens (tertiary/aromatic N) is 5. The van der Waals surface area contributed by atoms with Gasteiger partial charge in [0.05, 0.1) is 17.6 Å². The SMILES string of the molecule is CCCn1c(N2CCN(c3ccc(F)cc3)CC2)c(/C=C2/SC(=S)N(CC3CCCO3)C2=O)c(C)c(C#N)c1=O. The Labute approximate surface area is 243 Å². The van der Waals surface area contributed by atoms with Crippen molar-refractivity contribution >= 4 is 51.8 Å². The summed E-state index contributed by atoms with van der Waals surface area (Å²) < 4.78 is 21.3. The Morgan fingerprint density at radius 1 is 1.18 bits per heavy atom. The van der Waals surface area contributed by atoms with E-state index in [1.165, 1.54) is 23.9 Å². The van der Waals surface area contributed by atoms with Gasteiger partial charge in [0.1, 0.15) is 27.6 Å². The number of hydrogen-bond acceptors (Lipinski definition) is 8. The summed E-state index contributed by atoms with van der Waals surface area (Å²) in [6.45, 7) is 7.92. The first-order valence-electron chi connectivity index (χ1n) is 13.6. The molecule has 5 rings (SSSR count). The third-order valence-corrected chi connectivity index (χ3v) is 9.00. The molecular weight excluding hydrogens is 549 g/mol. The molecule has 3 aliphatic heterocycles. The fourth-order valence-corrected chi connectivity index (χ4v) is 6.78. The molecule has 0 saturated carbocycles. The van der Waals surface area contributed by atoms with Crippen molar-refractivity contribution in [3.8, 4) is 6.07 Å². The minimum Gasteiger partial charge on any atom is -0.376 e. The third kappa shape index (κ3) is 5.53. The van der Waals surface area contributed by atoms with Crippen LogP contribution >= 0.6 is 24.0 Å². The lowest BCUT2D eigenvalue weighted by Gasteiger charge is -2.39. The summed E-state index contributed by atoms with van der Waals surface area (Å²) in [4.78, 5) is 33.4. The van der Waals surface area contributed by atoms with E-state index >= 15 is 0 Å². The Balaban J connectivity index is 1.52. The minimum absolute atomic E-state index is 0.0202. The first-order chi connectivity index (χ1) is 19.3. The van der Waals surface area contributed by atoms with E-state index in [2.05, 4.69) is 15.9 Å². The van der Waals surface area contributed by atoms with Gasteiger partial charge in [-0.2, -0.15) is 5.26 Å². The van der Waals surface area contributed by atoms with Crippen LogP contribution in [0.4, 0.5) is 15.9 Å². The second-order valence-corrected chi connectivity index (χ2v) is 11.9. The van der Waals surface area contributed by atoms with Crippen LogP contribution < -0.4 is 15.4 Å². The first kappa shape index (κ1) is 28.3. The zero-order chi connectivity index (χ0) is 28.4. The van der Waals surface area contributed by atoms with Gasteiger partial charge in [-0.15, -0.1) is 0 Å². The van der Waals surface area contributed by atoms with E-state index in [4.69, 9.17) is 17.0 Å². The molecule has 0 spiro atoms. The smallest absolute Gasteiger partial charge is 0.270 e. The summed E-state index contributed by atoms with van der Waals surface area (Å²) in [7, 11) is 0. The average molecular weight is 582 g/mol. The van der Waals surface area contributed by atoms with Crippen LogP contribution in [0.15, 0.2) is 34.0 Å². The van der Waals surface area contributed by atoms with Gasteiger partial charge in [-0.3, -0.25) is 19.1 Å². The van der Waals surface area contributed by atoms with E-state index in [0.717, 1.165) is 18.5 Å². The molecule has 1 atom stereocenters. The van der Waals surface area contributed by atoms with Crippen LogP contribution in [0.5, 0.6) is 0 Å². The highest BCUT2D eigenvalue weighted by Crippen LogP contribution is 2.37. The van der Waals surface area contributed by atoms with Crippen LogP contribution in [-0.4, -0.2) is 65.1 Å². The summed E-state index contributed by atoms with van der Waals surface area (Å²) >= 11 is 6.81. The Morgan fingerprint density at radius 3 is 2.50 bits per heavy atom. The molecule has 8 nitrogen and oxygen atoms in total. The van der Waals surface area contributed by atoms with E-state index in [0.29, 0.717) is 78.5 Å². The van der Waals surface area contributed by atoms with Crippen molar-refractivity contribution in [3.05, 3.63) is 62.0 Å². The molecule has 4 heterocycles. The molecule has 2 aromatic rings. The Kier molecular flexibility index (Phi) is 8.59. The number of rotatable bonds is 7. The van der Waals surface area contributed by atoms with Gasteiger partial charge in [0.15, 0.2) is 0 Å². The maximum atomic E-state index is 13.5. The fraction of sp³-hybridized carbons (Fsp3) is 0.448. The highest BCUT2D eigenvalue weighted by atomic mass is 32.2. The van der Waals surface area contributed by atoms with Gasteiger partial charge in [0.25, 0.3) is 11.5 Å². The van der Waals surface area contributed by atoms with Gasteiger partial charge in [-0.05, 0) is 62.1 Å². The lowest BCUT2D eigenvalue weighted by atomic mass is 10.0. The number of benzene rings is 1. The van der Waals surface area contributed by atoms with Crippen molar-refractivity contribution in [1.82, 2.24) is 9.47 Å². The van der Waals surface area contributed by atoms with Gasteiger partial charge in [-0.1, -0.05) is 30.9 Å². The number of pyridine rings is 1. The molecule has 3 aliphatic rings. The molecule has 1 unspecified atom stereocenters. The predicted molar refractivity (Wildman–Crippen MR) is 160 cm³/mol. The first-order valence-corrected chi connectivity index (χ1v) is 14.8. The molecule has 0 aliphatic carbocycles. The molecule has 3 saturated heterocycles. The average Bonchev–Trinajstić information content (AvgIpc) is 3.56. The number of ether oxygens (including phenoxy) is 1. The number of aromatic nitrogens is 1. The largest absolute Gasteiger partial charge is 0.376 e. The van der Waals surface area contributed by atoms with Crippen LogP contribution in [0.3, 0.4) is 0 Å². The summed E-state index contributed by atoms with van der Waals surface area (Å²) in [6, 6.07) is 8.56.